The highest BCUT2D eigenvalue weighted by molar-refractivity contribution is 7.22. The number of hydrogen-bond acceptors (Lipinski definition) is 7. The number of halogens is 7. The Morgan fingerprint density at radius 3 is 2.22 bits per heavy atom. The van der Waals surface area contributed by atoms with E-state index < -0.39 is 87.8 Å². The lowest BCUT2D eigenvalue weighted by Gasteiger charge is -2.49. The number of allylic oxidation sites excluding steroid dienone is 2. The van der Waals surface area contributed by atoms with Gasteiger partial charge in [0.25, 0.3) is 0 Å². The van der Waals surface area contributed by atoms with E-state index in [1.165, 1.54) is 22.1 Å². The van der Waals surface area contributed by atoms with E-state index in [0.717, 1.165) is 25.4 Å². The molecule has 6 unspecified atom stereocenters. The second kappa shape index (κ2) is 13.7. The van der Waals surface area contributed by atoms with Crippen LogP contribution in [0.3, 0.4) is 0 Å². The van der Waals surface area contributed by atoms with Crippen LogP contribution in [-0.2, 0) is 38.6 Å². The van der Waals surface area contributed by atoms with Crippen LogP contribution in [0.1, 0.15) is 47.9 Å². The second-order valence-corrected chi connectivity index (χ2v) is 18.4. The van der Waals surface area contributed by atoms with Gasteiger partial charge in [0.15, 0.2) is 0 Å². The van der Waals surface area contributed by atoms with Crippen molar-refractivity contribution in [1.82, 2.24) is 9.78 Å². The summed E-state index contributed by atoms with van der Waals surface area (Å²) in [5, 5.41) is 19.2. The van der Waals surface area contributed by atoms with E-state index in [2.05, 4.69) is 0 Å². The predicted octanol–water partition coefficient (Wildman–Crippen LogP) is 10.6. The third kappa shape index (κ3) is 5.93. The van der Waals surface area contributed by atoms with Crippen LogP contribution >= 0.6 is 22.9 Å². The van der Waals surface area contributed by atoms with Crippen molar-refractivity contribution in [3.63, 3.8) is 0 Å². The topological polar surface area (TPSA) is 113 Å². The van der Waals surface area contributed by atoms with Gasteiger partial charge in [0, 0.05) is 34.3 Å². The zero-order valence-corrected chi connectivity index (χ0v) is 34.9. The number of carbonyl (C=O) groups is 4. The first-order valence-electron chi connectivity index (χ1n) is 19.9. The zero-order chi connectivity index (χ0) is 44.8. The van der Waals surface area contributed by atoms with Crippen molar-refractivity contribution in [2.75, 3.05) is 9.80 Å². The van der Waals surface area contributed by atoms with Gasteiger partial charge in [-0.25, -0.2) is 9.80 Å². The molecule has 2 aliphatic carbocycles. The number of imide groups is 2. The fourth-order valence-electron chi connectivity index (χ4n) is 10.7. The van der Waals surface area contributed by atoms with Crippen molar-refractivity contribution in [3.8, 4) is 16.3 Å². The Labute approximate surface area is 363 Å². The fraction of sp³-hybridized carbons (Fsp3) is 0.283. The van der Waals surface area contributed by atoms with Gasteiger partial charge >= 0.3 is 12.4 Å². The number of hydrogen-bond donors (Lipinski definition) is 1. The molecule has 17 heteroatoms. The van der Waals surface area contributed by atoms with Gasteiger partial charge in [0.05, 0.1) is 44.9 Å². The number of amides is 4. The van der Waals surface area contributed by atoms with Crippen LogP contribution in [0.4, 0.5) is 37.8 Å². The normalized spacial score (nSPS) is 25.0. The monoisotopic (exact) mass is 902 g/mol. The molecule has 4 heterocycles. The molecule has 322 valence electrons. The molecule has 0 bridgehead atoms. The van der Waals surface area contributed by atoms with Crippen molar-refractivity contribution in [1.29, 1.82) is 0 Å². The number of anilines is 2. The largest absolute Gasteiger partial charge is 0.508 e. The van der Waals surface area contributed by atoms with Gasteiger partial charge < -0.3 is 5.11 Å². The van der Waals surface area contributed by atoms with Gasteiger partial charge in [-0.05, 0) is 96.8 Å². The Bertz CT molecular complexity index is 3030. The van der Waals surface area contributed by atoms with Crippen LogP contribution in [0.25, 0.3) is 31.4 Å². The molecule has 9 nitrogen and oxygen atoms in total. The van der Waals surface area contributed by atoms with Crippen molar-refractivity contribution >= 4 is 78.9 Å². The van der Waals surface area contributed by atoms with E-state index in [0.29, 0.717) is 49.7 Å². The Morgan fingerprint density at radius 2 is 1.52 bits per heavy atom. The van der Waals surface area contributed by atoms with E-state index in [1.54, 1.807) is 62.5 Å². The van der Waals surface area contributed by atoms with Gasteiger partial charge in [0.1, 0.15) is 17.3 Å². The van der Waals surface area contributed by atoms with E-state index in [9.17, 15) is 41.0 Å². The Morgan fingerprint density at radius 1 is 0.825 bits per heavy atom. The highest BCUT2D eigenvalue weighted by Gasteiger charge is 2.68. The third-order valence-electron chi connectivity index (χ3n) is 13.6. The predicted molar refractivity (Wildman–Crippen MR) is 223 cm³/mol. The molecule has 10 rings (SSSR count). The van der Waals surface area contributed by atoms with Gasteiger partial charge in [-0.2, -0.15) is 31.4 Å². The van der Waals surface area contributed by atoms with Crippen molar-refractivity contribution in [3.05, 3.63) is 118 Å². The van der Waals surface area contributed by atoms with Crippen molar-refractivity contribution < 1.29 is 50.6 Å². The molecule has 2 aromatic heterocycles. The number of thiophene rings is 1. The average molecular weight is 903 g/mol. The number of benzene rings is 4. The molecule has 4 amide bonds. The van der Waals surface area contributed by atoms with Crippen LogP contribution in [0.2, 0.25) is 5.02 Å². The van der Waals surface area contributed by atoms with Gasteiger partial charge in [-0.3, -0.25) is 23.9 Å². The maximum atomic E-state index is 15.4. The number of alkyl halides is 6. The summed E-state index contributed by atoms with van der Waals surface area (Å²) in [5.41, 5.74) is -3.75. The van der Waals surface area contributed by atoms with E-state index in [-0.39, 0.29) is 30.5 Å². The molecule has 6 atom stereocenters. The summed E-state index contributed by atoms with van der Waals surface area (Å²) in [4.78, 5) is 61.5. The number of phenolic OH excluding ortho intramolecular Hbond substituents is 1. The molecule has 4 aromatic carbocycles. The first-order chi connectivity index (χ1) is 29.7. The van der Waals surface area contributed by atoms with Crippen LogP contribution < -0.4 is 9.80 Å². The minimum atomic E-state index is -5.24. The lowest BCUT2D eigenvalue weighted by molar-refractivity contribution is -0.143. The molecule has 1 N–H and O–H groups in total. The van der Waals surface area contributed by atoms with Gasteiger partial charge in [0.2, 0.25) is 23.6 Å². The smallest absolute Gasteiger partial charge is 0.416 e. The van der Waals surface area contributed by atoms with E-state index in [4.69, 9.17) is 16.7 Å². The number of fused-ring (bicyclic) bond motifs is 6. The Balaban J connectivity index is 1.11. The molecule has 4 aliphatic rings. The molecule has 0 radical (unpaired) electrons. The maximum absolute atomic E-state index is 15.4. The van der Waals surface area contributed by atoms with Gasteiger partial charge in [-0.1, -0.05) is 53.6 Å². The Kier molecular flexibility index (Phi) is 8.96. The van der Waals surface area contributed by atoms with E-state index >= 15 is 9.59 Å². The standard InChI is InChI=1S/C46H33ClF6N4O5S/c1-20-29-17-24(47)9-13-34(29)63-39(20)32-19-35(55(3)54-32)57-41(60)31-18-30-27(38(44(31,2)43(57)62)37-26-7-5-4-6-21(26)8-12-33(37)58)10-11-28-36(30)42(61)56(40(28)59)25-15-22(45(48,49)50)14-23(16-25)46(51,52)53/h4-10,12-17,19,28,30-31,36,38,58H,11,18H2,1-3H3. The highest BCUT2D eigenvalue weighted by Crippen LogP contribution is 2.65. The Hall–Kier alpha value is -6.00. The number of carbonyl (C=O) groups excluding carboxylic acids is 4. The summed E-state index contributed by atoms with van der Waals surface area (Å²) in [6, 6.07) is 18.0. The number of aromatic hydroxyl groups is 1. The first-order valence-corrected chi connectivity index (χ1v) is 21.1. The summed E-state index contributed by atoms with van der Waals surface area (Å²) in [6.07, 6.45) is -9.13. The lowest BCUT2D eigenvalue weighted by Crippen LogP contribution is -2.49. The summed E-state index contributed by atoms with van der Waals surface area (Å²) in [6.45, 7) is 3.56. The molecular formula is C46H33ClF6N4O5S. The quantitative estimate of drug-likeness (QED) is 0.107. The second-order valence-electron chi connectivity index (χ2n) is 16.9. The van der Waals surface area contributed by atoms with Crippen LogP contribution in [-0.4, -0.2) is 38.5 Å². The van der Waals surface area contributed by atoms with Crippen molar-refractivity contribution in [2.45, 2.75) is 45.0 Å². The number of aromatic nitrogens is 2. The zero-order valence-electron chi connectivity index (χ0n) is 33.3. The summed E-state index contributed by atoms with van der Waals surface area (Å²) in [7, 11) is 1.60. The SMILES string of the molecule is Cc1c(-c2cc(N3C(=O)C4CC5C(=CCC6C(=O)N(c7cc(C(F)(F)F)cc(C(F)(F)F)c7)C(=O)C65)C(c5c(O)ccc6ccccc56)C4(C)C3=O)n(C)n2)sc2ccc(Cl)cc12. The minimum absolute atomic E-state index is 0.0795. The third-order valence-corrected chi connectivity index (χ3v) is 15.1. The van der Waals surface area contributed by atoms with E-state index in [1.807, 2.05) is 19.1 Å². The number of nitrogens with zero attached hydrogens (tertiary/aromatic N) is 4. The average Bonchev–Trinajstić information content (AvgIpc) is 3.90. The van der Waals surface area contributed by atoms with Crippen LogP contribution in [0.15, 0.2) is 90.5 Å². The summed E-state index contributed by atoms with van der Waals surface area (Å²) in [5.74, 6) is -9.08. The minimum Gasteiger partial charge on any atom is -0.508 e. The number of aryl methyl sites for hydroxylation is 2. The molecule has 0 spiro atoms. The van der Waals surface area contributed by atoms with Crippen LogP contribution in [0, 0.1) is 36.0 Å². The summed E-state index contributed by atoms with van der Waals surface area (Å²) >= 11 is 7.77. The highest BCUT2D eigenvalue weighted by atomic mass is 35.5. The summed E-state index contributed by atoms with van der Waals surface area (Å²) < 4.78 is 86.4. The van der Waals surface area contributed by atoms with Crippen molar-refractivity contribution in [2.24, 2.45) is 36.1 Å². The molecule has 1 saturated carbocycles. The first kappa shape index (κ1) is 41.0. The van der Waals surface area contributed by atoms with Gasteiger partial charge in [-0.15, -0.1) is 11.3 Å². The number of rotatable bonds is 4. The van der Waals surface area contributed by atoms with Crippen LogP contribution in [0.5, 0.6) is 5.75 Å². The molecule has 63 heavy (non-hydrogen) atoms. The number of phenols is 1. The fourth-order valence-corrected chi connectivity index (χ4v) is 12.0. The lowest BCUT2D eigenvalue weighted by atomic mass is 9.51. The molecular weight excluding hydrogens is 870 g/mol. The molecule has 2 saturated heterocycles. The molecule has 6 aromatic rings. The molecule has 2 aliphatic heterocycles. The maximum Gasteiger partial charge on any atom is 0.416 e. The molecule has 3 fully saturated rings.